The average Bonchev–Trinajstić information content (AvgIpc) is 3.43. The van der Waals surface area contributed by atoms with Crippen molar-refractivity contribution in [3.8, 4) is 0 Å². The second-order valence-electron chi connectivity index (χ2n) is 9.94. The van der Waals surface area contributed by atoms with E-state index in [1.165, 1.54) is 24.9 Å². The maximum Gasteiger partial charge on any atom is 0.490 e. The molecule has 1 atom stereocenters. The third kappa shape index (κ3) is 11.0. The normalized spacial score (nSPS) is 19.2. The van der Waals surface area contributed by atoms with Gasteiger partial charge < -0.3 is 19.4 Å². The van der Waals surface area contributed by atoms with Gasteiger partial charge in [-0.05, 0) is 62.0 Å². The molecule has 1 unspecified atom stereocenters. The highest BCUT2D eigenvalue weighted by atomic mass is 19.4. The van der Waals surface area contributed by atoms with Gasteiger partial charge in [-0.3, -0.25) is 14.8 Å². The first-order chi connectivity index (χ1) is 19.1. The minimum atomic E-state index is -5.08. The molecular formula is C26H33F6N3O6. The fraction of sp³-hybridized carbons (Fsp3) is 0.577. The van der Waals surface area contributed by atoms with Crippen LogP contribution in [0.1, 0.15) is 29.9 Å². The molecule has 2 aliphatic heterocycles. The number of aromatic nitrogens is 1. The Labute approximate surface area is 232 Å². The number of carbonyl (C=O) groups is 2. The summed E-state index contributed by atoms with van der Waals surface area (Å²) in [6, 6.07) is 8.38. The number of alkyl halides is 6. The number of aryl methyl sites for hydroxylation is 1. The number of furan rings is 1. The van der Waals surface area contributed by atoms with Crippen LogP contribution >= 0.6 is 0 Å². The van der Waals surface area contributed by atoms with Gasteiger partial charge in [0.2, 0.25) is 0 Å². The first kappa shape index (κ1) is 34.0. The van der Waals surface area contributed by atoms with Crippen molar-refractivity contribution < 1.29 is 55.3 Å². The Hall–Kier alpha value is -3.17. The van der Waals surface area contributed by atoms with Crippen LogP contribution in [0.4, 0.5) is 26.3 Å². The quantitative estimate of drug-likeness (QED) is 0.461. The van der Waals surface area contributed by atoms with Gasteiger partial charge in [0.05, 0.1) is 13.2 Å². The molecule has 1 spiro atoms. The summed E-state index contributed by atoms with van der Waals surface area (Å²) >= 11 is 0. The Bertz CT molecular complexity index is 1080. The van der Waals surface area contributed by atoms with E-state index >= 15 is 0 Å². The van der Waals surface area contributed by atoms with Crippen LogP contribution in [-0.4, -0.2) is 89.2 Å². The molecule has 2 N–H and O–H groups in total. The largest absolute Gasteiger partial charge is 0.490 e. The van der Waals surface area contributed by atoms with Gasteiger partial charge in [-0.1, -0.05) is 6.07 Å². The zero-order valence-corrected chi connectivity index (χ0v) is 22.5. The molecule has 4 rings (SSSR count). The summed E-state index contributed by atoms with van der Waals surface area (Å²) in [5, 5.41) is 14.2. The van der Waals surface area contributed by atoms with Crippen molar-refractivity contribution in [1.29, 1.82) is 0 Å². The third-order valence-corrected chi connectivity index (χ3v) is 6.89. The van der Waals surface area contributed by atoms with E-state index in [1.807, 2.05) is 32.5 Å². The van der Waals surface area contributed by atoms with Gasteiger partial charge in [-0.2, -0.15) is 26.3 Å². The minimum Gasteiger partial charge on any atom is -0.475 e. The molecule has 0 amide bonds. The fourth-order valence-corrected chi connectivity index (χ4v) is 4.96. The second-order valence-corrected chi connectivity index (χ2v) is 9.94. The molecule has 4 heterocycles. The van der Waals surface area contributed by atoms with Crippen LogP contribution in [-0.2, 0) is 27.4 Å². The molecule has 9 nitrogen and oxygen atoms in total. The number of hydrogen-bond donors (Lipinski definition) is 2. The van der Waals surface area contributed by atoms with Crippen molar-refractivity contribution in [2.45, 2.75) is 45.2 Å². The second kappa shape index (κ2) is 14.6. The van der Waals surface area contributed by atoms with Crippen LogP contribution in [0.3, 0.4) is 0 Å². The number of pyridine rings is 1. The fourth-order valence-electron chi connectivity index (χ4n) is 4.96. The van der Waals surface area contributed by atoms with E-state index in [9.17, 15) is 26.3 Å². The lowest BCUT2D eigenvalue weighted by Crippen LogP contribution is -2.44. The highest BCUT2D eigenvalue weighted by Crippen LogP contribution is 2.45. The van der Waals surface area contributed by atoms with E-state index in [0.717, 1.165) is 50.9 Å². The number of methoxy groups -OCH3 is 1. The molecule has 2 aromatic rings. The van der Waals surface area contributed by atoms with Crippen LogP contribution in [0.5, 0.6) is 0 Å². The maximum atomic E-state index is 10.6. The van der Waals surface area contributed by atoms with Crippen molar-refractivity contribution in [3.63, 3.8) is 0 Å². The van der Waals surface area contributed by atoms with Gasteiger partial charge in [-0.15, -0.1) is 0 Å². The highest BCUT2D eigenvalue weighted by molar-refractivity contribution is 5.73. The molecule has 2 fully saturated rings. The number of likely N-dealkylation sites (tertiary alicyclic amines) is 2. The lowest BCUT2D eigenvalue weighted by Gasteiger charge is -2.42. The zero-order chi connectivity index (χ0) is 30.8. The summed E-state index contributed by atoms with van der Waals surface area (Å²) in [5.41, 5.74) is 1.68. The summed E-state index contributed by atoms with van der Waals surface area (Å²) in [6.45, 7) is 9.37. The number of ether oxygens (including phenoxy) is 1. The lowest BCUT2D eigenvalue weighted by atomic mass is 9.71. The first-order valence-electron chi connectivity index (χ1n) is 12.5. The third-order valence-electron chi connectivity index (χ3n) is 6.89. The predicted octanol–water partition coefficient (Wildman–Crippen LogP) is 4.61. The average molecular weight is 598 g/mol. The molecule has 41 heavy (non-hydrogen) atoms. The van der Waals surface area contributed by atoms with E-state index in [1.54, 1.807) is 0 Å². The molecule has 230 valence electrons. The maximum absolute atomic E-state index is 10.6. The van der Waals surface area contributed by atoms with Crippen LogP contribution < -0.4 is 0 Å². The van der Waals surface area contributed by atoms with Gasteiger partial charge >= 0.3 is 24.3 Å². The molecule has 0 bridgehead atoms. The zero-order valence-electron chi connectivity index (χ0n) is 22.5. The topological polar surface area (TPSA) is 116 Å². The van der Waals surface area contributed by atoms with Crippen LogP contribution in [0.15, 0.2) is 41.1 Å². The van der Waals surface area contributed by atoms with E-state index in [0.29, 0.717) is 11.3 Å². The number of rotatable bonds is 6. The number of piperidine rings is 1. The molecule has 2 aromatic heterocycles. The van der Waals surface area contributed by atoms with Gasteiger partial charge in [0.1, 0.15) is 11.5 Å². The minimum absolute atomic E-state index is 0.383. The number of aliphatic carboxylic acids is 2. The Balaban J connectivity index is 0.000000349. The van der Waals surface area contributed by atoms with Crippen molar-refractivity contribution in [2.24, 2.45) is 11.3 Å². The molecule has 2 aliphatic rings. The summed E-state index contributed by atoms with van der Waals surface area (Å²) in [6.07, 6.45) is -3.85. The SMILES string of the molecule is COCC1CN(Cc2cccnc2)CC12CCN(Cc1ccc(C)o1)CC2.O=C(O)C(F)(F)F.O=C(O)C(F)(F)F. The summed E-state index contributed by atoms with van der Waals surface area (Å²) in [4.78, 5) is 27.2. The predicted molar refractivity (Wildman–Crippen MR) is 133 cm³/mol. The van der Waals surface area contributed by atoms with Crippen molar-refractivity contribution in [2.75, 3.05) is 39.9 Å². The van der Waals surface area contributed by atoms with E-state index in [-0.39, 0.29) is 0 Å². The van der Waals surface area contributed by atoms with Crippen LogP contribution in [0, 0.1) is 18.3 Å². The number of carboxylic acid groups (broad SMARTS) is 2. The van der Waals surface area contributed by atoms with E-state index < -0.39 is 24.3 Å². The van der Waals surface area contributed by atoms with Gasteiger partial charge in [-0.25, -0.2) is 9.59 Å². The van der Waals surface area contributed by atoms with Gasteiger partial charge in [0.15, 0.2) is 0 Å². The highest BCUT2D eigenvalue weighted by Gasteiger charge is 2.47. The standard InChI is InChI=1S/C22H31N3O2.2C2HF3O2/c1-18-5-6-21(27-18)15-24-10-7-22(8-11-24)17-25(14-20(22)16-26-2)13-19-4-3-9-23-12-19;2*3-2(4,5)1(6)7/h3-6,9,12,20H,7-8,10-11,13-17H2,1-2H3;2*(H,6,7). The molecule has 0 aromatic carbocycles. The van der Waals surface area contributed by atoms with Crippen LogP contribution in [0.25, 0.3) is 0 Å². The smallest absolute Gasteiger partial charge is 0.475 e. The molecule has 0 saturated carbocycles. The lowest BCUT2D eigenvalue weighted by molar-refractivity contribution is -0.193. The molecule has 0 radical (unpaired) electrons. The monoisotopic (exact) mass is 597 g/mol. The van der Waals surface area contributed by atoms with Gasteiger partial charge in [0.25, 0.3) is 0 Å². The van der Waals surface area contributed by atoms with E-state index in [4.69, 9.17) is 29.0 Å². The number of carboxylic acids is 2. The Morgan fingerprint density at radius 2 is 1.61 bits per heavy atom. The molecule has 0 aliphatic carbocycles. The van der Waals surface area contributed by atoms with Crippen molar-refractivity contribution >= 4 is 11.9 Å². The van der Waals surface area contributed by atoms with Crippen molar-refractivity contribution in [1.82, 2.24) is 14.8 Å². The summed E-state index contributed by atoms with van der Waals surface area (Å²) in [7, 11) is 1.84. The molecule has 2 saturated heterocycles. The van der Waals surface area contributed by atoms with Crippen LogP contribution in [0.2, 0.25) is 0 Å². The van der Waals surface area contributed by atoms with Gasteiger partial charge in [0, 0.05) is 45.1 Å². The summed E-state index contributed by atoms with van der Waals surface area (Å²) < 4.78 is 74.9. The Morgan fingerprint density at radius 3 is 2.05 bits per heavy atom. The summed E-state index contributed by atoms with van der Waals surface area (Å²) in [5.74, 6) is -2.81. The number of hydrogen-bond acceptors (Lipinski definition) is 7. The molecule has 15 heteroatoms. The molecular weight excluding hydrogens is 564 g/mol. The Morgan fingerprint density at radius 1 is 1.02 bits per heavy atom. The van der Waals surface area contributed by atoms with Crippen molar-refractivity contribution in [3.05, 3.63) is 53.7 Å². The van der Waals surface area contributed by atoms with E-state index in [2.05, 4.69) is 33.0 Å². The number of halogens is 6. The Kier molecular flexibility index (Phi) is 12.2. The first-order valence-corrected chi connectivity index (χ1v) is 12.5. The number of nitrogens with zero attached hydrogens (tertiary/aromatic N) is 3.